The number of carbonyl (C=O) groups excluding carboxylic acids is 1. The number of phenols is 1. The van der Waals surface area contributed by atoms with Gasteiger partial charge in [0.25, 0.3) is 0 Å². The van der Waals surface area contributed by atoms with Crippen LogP contribution in [0.4, 0.5) is 0 Å². The number of benzene rings is 2. The largest absolute Gasteiger partial charge is 0.504 e. The van der Waals surface area contributed by atoms with E-state index >= 15 is 0 Å². The van der Waals surface area contributed by atoms with Crippen LogP contribution in [-0.4, -0.2) is 32.2 Å². The van der Waals surface area contributed by atoms with Gasteiger partial charge in [-0.05, 0) is 35.9 Å². The van der Waals surface area contributed by atoms with Gasteiger partial charge in [0.05, 0.1) is 26.9 Å². The predicted molar refractivity (Wildman–Crippen MR) is 87.1 cm³/mol. The molecule has 0 spiro atoms. The van der Waals surface area contributed by atoms with Crippen molar-refractivity contribution in [3.05, 3.63) is 47.2 Å². The first-order valence-electron chi connectivity index (χ1n) is 7.15. The summed E-state index contributed by atoms with van der Waals surface area (Å²) in [6, 6.07) is 8.16. The Labute approximate surface area is 138 Å². The minimum absolute atomic E-state index is 0.0867. The molecule has 1 aliphatic heterocycles. The van der Waals surface area contributed by atoms with Crippen LogP contribution in [0.25, 0.3) is 6.08 Å². The molecule has 0 aliphatic carbocycles. The summed E-state index contributed by atoms with van der Waals surface area (Å²) in [6.45, 7) is 0. The van der Waals surface area contributed by atoms with Crippen LogP contribution in [0.2, 0.25) is 0 Å². The highest BCUT2D eigenvalue weighted by molar-refractivity contribution is 6.15. The highest BCUT2D eigenvalue weighted by Crippen LogP contribution is 2.45. The van der Waals surface area contributed by atoms with Crippen molar-refractivity contribution in [1.29, 1.82) is 0 Å². The van der Waals surface area contributed by atoms with Crippen molar-refractivity contribution in [2.45, 2.75) is 0 Å². The fraction of sp³-hybridized carbons (Fsp3) is 0.167. The molecule has 2 aromatic rings. The Balaban J connectivity index is 2.00. The average Bonchev–Trinajstić information content (AvgIpc) is 2.90. The SMILES string of the molecule is COc1ccc(C=C2Oc3c(ccc(O)c3OC)C2=O)cc1OC. The van der Waals surface area contributed by atoms with Gasteiger partial charge in [0.15, 0.2) is 28.8 Å². The molecular weight excluding hydrogens is 312 g/mol. The van der Waals surface area contributed by atoms with E-state index in [4.69, 9.17) is 18.9 Å². The Morgan fingerprint density at radius 3 is 2.42 bits per heavy atom. The molecular formula is C18H16O6. The molecule has 0 aromatic heterocycles. The maximum Gasteiger partial charge on any atom is 0.232 e. The van der Waals surface area contributed by atoms with Gasteiger partial charge in [-0.1, -0.05) is 6.07 Å². The summed E-state index contributed by atoms with van der Waals surface area (Å²) in [5, 5.41) is 9.80. The summed E-state index contributed by atoms with van der Waals surface area (Å²) in [6.07, 6.45) is 1.60. The molecule has 0 saturated heterocycles. The fourth-order valence-corrected chi connectivity index (χ4v) is 2.51. The van der Waals surface area contributed by atoms with Crippen LogP contribution in [0.15, 0.2) is 36.1 Å². The predicted octanol–water partition coefficient (Wildman–Crippen LogP) is 3.03. The van der Waals surface area contributed by atoms with Crippen molar-refractivity contribution < 1.29 is 28.8 Å². The number of aromatic hydroxyl groups is 1. The summed E-state index contributed by atoms with van der Waals surface area (Å²) in [5.74, 6) is 1.26. The van der Waals surface area contributed by atoms with Crippen LogP contribution in [0.5, 0.6) is 28.7 Å². The minimum Gasteiger partial charge on any atom is -0.504 e. The topological polar surface area (TPSA) is 74.2 Å². The molecule has 0 atom stereocenters. The molecule has 0 fully saturated rings. The molecule has 0 unspecified atom stereocenters. The van der Waals surface area contributed by atoms with Crippen LogP contribution in [-0.2, 0) is 0 Å². The van der Waals surface area contributed by atoms with Gasteiger partial charge in [-0.25, -0.2) is 0 Å². The molecule has 124 valence electrons. The first kappa shape index (κ1) is 15.7. The number of carbonyl (C=O) groups is 1. The number of ketones is 1. The number of fused-ring (bicyclic) bond motifs is 1. The van der Waals surface area contributed by atoms with E-state index < -0.39 is 0 Å². The van der Waals surface area contributed by atoms with E-state index in [0.29, 0.717) is 22.6 Å². The fourth-order valence-electron chi connectivity index (χ4n) is 2.51. The van der Waals surface area contributed by atoms with Gasteiger partial charge in [0.1, 0.15) is 0 Å². The smallest absolute Gasteiger partial charge is 0.232 e. The standard InChI is InChI=1S/C18H16O6/c1-21-13-7-4-10(8-14(13)22-2)9-15-16(20)11-5-6-12(19)18(23-3)17(11)24-15/h4-9,19H,1-3H3. The number of allylic oxidation sites excluding steroid dienone is 1. The van der Waals surface area contributed by atoms with Gasteiger partial charge in [-0.2, -0.15) is 0 Å². The molecule has 3 rings (SSSR count). The quantitative estimate of drug-likeness (QED) is 0.870. The van der Waals surface area contributed by atoms with Crippen molar-refractivity contribution in [2.24, 2.45) is 0 Å². The second kappa shape index (κ2) is 6.16. The zero-order valence-corrected chi connectivity index (χ0v) is 13.5. The number of phenolic OH excluding ortho intramolecular Hbond substituents is 1. The summed E-state index contributed by atoms with van der Waals surface area (Å²) < 4.78 is 21.2. The highest BCUT2D eigenvalue weighted by atomic mass is 16.5. The lowest BCUT2D eigenvalue weighted by Gasteiger charge is -2.08. The van der Waals surface area contributed by atoms with Gasteiger partial charge >= 0.3 is 0 Å². The lowest BCUT2D eigenvalue weighted by atomic mass is 10.1. The molecule has 6 nitrogen and oxygen atoms in total. The molecule has 0 bridgehead atoms. The highest BCUT2D eigenvalue weighted by Gasteiger charge is 2.31. The zero-order chi connectivity index (χ0) is 17.3. The Morgan fingerprint density at radius 1 is 1.00 bits per heavy atom. The molecule has 1 heterocycles. The first-order valence-corrected chi connectivity index (χ1v) is 7.15. The van der Waals surface area contributed by atoms with Crippen molar-refractivity contribution in [1.82, 2.24) is 0 Å². The van der Waals surface area contributed by atoms with Gasteiger partial charge < -0.3 is 24.1 Å². The molecule has 24 heavy (non-hydrogen) atoms. The van der Waals surface area contributed by atoms with Crippen LogP contribution in [0.1, 0.15) is 15.9 Å². The van der Waals surface area contributed by atoms with E-state index in [1.54, 1.807) is 31.4 Å². The number of methoxy groups -OCH3 is 3. The monoisotopic (exact) mass is 328 g/mol. The molecule has 0 radical (unpaired) electrons. The molecule has 6 heteroatoms. The Morgan fingerprint density at radius 2 is 1.75 bits per heavy atom. The maximum atomic E-state index is 12.5. The van der Waals surface area contributed by atoms with Crippen LogP contribution in [0.3, 0.4) is 0 Å². The normalized spacial score (nSPS) is 14.3. The second-order valence-electron chi connectivity index (χ2n) is 5.05. The van der Waals surface area contributed by atoms with Gasteiger partial charge in [-0.3, -0.25) is 4.79 Å². The number of hydrogen-bond acceptors (Lipinski definition) is 6. The van der Waals surface area contributed by atoms with Crippen molar-refractivity contribution in [3.63, 3.8) is 0 Å². The third-order valence-corrected chi connectivity index (χ3v) is 3.68. The van der Waals surface area contributed by atoms with Gasteiger partial charge in [0, 0.05) is 0 Å². The average molecular weight is 328 g/mol. The van der Waals surface area contributed by atoms with Gasteiger partial charge in [0.2, 0.25) is 11.5 Å². The summed E-state index contributed by atoms with van der Waals surface area (Å²) in [4.78, 5) is 12.5. The maximum absolute atomic E-state index is 12.5. The molecule has 1 aliphatic rings. The first-order chi connectivity index (χ1) is 11.6. The molecule has 0 amide bonds. The lowest BCUT2D eigenvalue weighted by molar-refractivity contribution is 0.101. The number of hydrogen-bond donors (Lipinski definition) is 1. The van der Waals surface area contributed by atoms with E-state index in [9.17, 15) is 9.90 Å². The van der Waals surface area contributed by atoms with Crippen molar-refractivity contribution in [3.8, 4) is 28.7 Å². The van der Waals surface area contributed by atoms with E-state index in [1.165, 1.54) is 26.4 Å². The third kappa shape index (κ3) is 2.52. The molecule has 1 N–H and O–H groups in total. The third-order valence-electron chi connectivity index (χ3n) is 3.68. The summed E-state index contributed by atoms with van der Waals surface area (Å²) in [5.41, 5.74) is 1.06. The Hall–Kier alpha value is -3.15. The molecule has 0 saturated carbocycles. The van der Waals surface area contributed by atoms with E-state index in [2.05, 4.69) is 0 Å². The summed E-state index contributed by atoms with van der Waals surface area (Å²) >= 11 is 0. The number of ether oxygens (including phenoxy) is 4. The van der Waals surface area contributed by atoms with Crippen LogP contribution >= 0.6 is 0 Å². The van der Waals surface area contributed by atoms with E-state index in [0.717, 1.165) is 0 Å². The number of rotatable bonds is 4. The second-order valence-corrected chi connectivity index (χ2v) is 5.05. The van der Waals surface area contributed by atoms with Crippen molar-refractivity contribution >= 4 is 11.9 Å². The number of Topliss-reactive ketones (excluding diaryl/α,β-unsaturated/α-hetero) is 1. The molecule has 2 aromatic carbocycles. The zero-order valence-electron chi connectivity index (χ0n) is 13.5. The lowest BCUT2D eigenvalue weighted by Crippen LogP contribution is -1.98. The van der Waals surface area contributed by atoms with Crippen LogP contribution in [0, 0.1) is 0 Å². The van der Waals surface area contributed by atoms with E-state index in [1.807, 2.05) is 0 Å². The van der Waals surface area contributed by atoms with Gasteiger partial charge in [-0.15, -0.1) is 0 Å². The summed E-state index contributed by atoms with van der Waals surface area (Å²) in [7, 11) is 4.49. The van der Waals surface area contributed by atoms with Crippen molar-refractivity contribution in [2.75, 3.05) is 21.3 Å². The minimum atomic E-state index is -0.280. The van der Waals surface area contributed by atoms with Crippen LogP contribution < -0.4 is 18.9 Å². The Bertz CT molecular complexity index is 838. The Kier molecular flexibility index (Phi) is 4.04. The van der Waals surface area contributed by atoms with E-state index in [-0.39, 0.29) is 28.8 Å².